The Kier molecular flexibility index (Phi) is 3.69. The smallest absolute Gasteiger partial charge is 0.0920 e. The molecule has 4 nitrogen and oxygen atoms in total. The normalized spacial score (nSPS) is 25.0. The number of nitrogens with one attached hydrogen (secondary N) is 1. The largest absolute Gasteiger partial charge is 0.388 e. The van der Waals surface area contributed by atoms with E-state index in [0.29, 0.717) is 18.5 Å². The highest BCUT2D eigenvalue weighted by atomic mass is 16.5. The summed E-state index contributed by atoms with van der Waals surface area (Å²) in [6, 6.07) is 0.846. The second-order valence-corrected chi connectivity index (χ2v) is 3.76. The third-order valence-electron chi connectivity index (χ3n) is 2.69. The number of hydrogen-bond donors (Lipinski definition) is 2. The van der Waals surface area contributed by atoms with Crippen LogP contribution in [0.1, 0.15) is 19.8 Å². The summed E-state index contributed by atoms with van der Waals surface area (Å²) in [6.07, 6.45) is 1.74. The zero-order valence-electron chi connectivity index (χ0n) is 8.42. The van der Waals surface area contributed by atoms with Crippen LogP contribution in [0, 0.1) is 5.41 Å². The zero-order valence-corrected chi connectivity index (χ0v) is 8.42. The number of rotatable bonds is 4. The van der Waals surface area contributed by atoms with Gasteiger partial charge in [0.15, 0.2) is 0 Å². The standard InChI is InChI=1S/C9H19N3O/c1-7(5-9(10)11)12(2)8-3-4-13-6-8/h7-8H,3-6H2,1-2H3,(H3,10,11). The number of amidine groups is 1. The van der Waals surface area contributed by atoms with Gasteiger partial charge in [0.25, 0.3) is 0 Å². The lowest BCUT2D eigenvalue weighted by Gasteiger charge is -2.29. The number of ether oxygens (including phenoxy) is 1. The molecule has 0 aliphatic carbocycles. The van der Waals surface area contributed by atoms with Gasteiger partial charge in [-0.3, -0.25) is 10.3 Å². The number of likely N-dealkylation sites (N-methyl/N-ethyl adjacent to an activating group) is 1. The van der Waals surface area contributed by atoms with Crippen molar-refractivity contribution < 1.29 is 4.74 Å². The highest BCUT2D eigenvalue weighted by Gasteiger charge is 2.23. The Balaban J connectivity index is 2.36. The maximum atomic E-state index is 7.21. The molecule has 4 heteroatoms. The molecule has 0 amide bonds. The maximum absolute atomic E-state index is 7.21. The third kappa shape index (κ3) is 2.97. The van der Waals surface area contributed by atoms with Crippen molar-refractivity contribution in [2.45, 2.75) is 31.8 Å². The Morgan fingerprint density at radius 3 is 2.92 bits per heavy atom. The molecule has 1 fully saturated rings. The van der Waals surface area contributed by atoms with Gasteiger partial charge in [0.05, 0.1) is 12.4 Å². The zero-order chi connectivity index (χ0) is 9.84. The summed E-state index contributed by atoms with van der Waals surface area (Å²) >= 11 is 0. The fourth-order valence-electron chi connectivity index (χ4n) is 1.67. The van der Waals surface area contributed by atoms with Crippen LogP contribution in [-0.4, -0.2) is 43.1 Å². The van der Waals surface area contributed by atoms with Crippen molar-refractivity contribution in [2.24, 2.45) is 5.73 Å². The highest BCUT2D eigenvalue weighted by Crippen LogP contribution is 2.14. The van der Waals surface area contributed by atoms with E-state index in [1.807, 2.05) is 0 Å². The van der Waals surface area contributed by atoms with Crippen LogP contribution in [-0.2, 0) is 4.74 Å². The summed E-state index contributed by atoms with van der Waals surface area (Å²) in [5.74, 6) is 0.262. The summed E-state index contributed by atoms with van der Waals surface area (Å²) in [5, 5.41) is 7.21. The lowest BCUT2D eigenvalue weighted by molar-refractivity contribution is 0.139. The van der Waals surface area contributed by atoms with E-state index in [0.717, 1.165) is 19.6 Å². The molecule has 13 heavy (non-hydrogen) atoms. The Hall–Kier alpha value is -0.610. The van der Waals surface area contributed by atoms with Gasteiger partial charge in [-0.05, 0) is 20.4 Å². The minimum Gasteiger partial charge on any atom is -0.388 e. The second kappa shape index (κ2) is 4.58. The SMILES string of the molecule is CC(CC(=N)N)N(C)C1CCOC1. The first-order valence-corrected chi connectivity index (χ1v) is 4.74. The molecule has 2 atom stereocenters. The van der Waals surface area contributed by atoms with Crippen LogP contribution < -0.4 is 5.73 Å². The lowest BCUT2D eigenvalue weighted by Crippen LogP contribution is -2.40. The van der Waals surface area contributed by atoms with E-state index >= 15 is 0 Å². The minimum absolute atomic E-state index is 0.262. The van der Waals surface area contributed by atoms with E-state index < -0.39 is 0 Å². The maximum Gasteiger partial charge on any atom is 0.0920 e. The first kappa shape index (κ1) is 10.5. The van der Waals surface area contributed by atoms with Crippen LogP contribution in [0.2, 0.25) is 0 Å². The molecule has 0 spiro atoms. The van der Waals surface area contributed by atoms with E-state index in [9.17, 15) is 0 Å². The first-order valence-electron chi connectivity index (χ1n) is 4.74. The van der Waals surface area contributed by atoms with E-state index in [-0.39, 0.29) is 5.84 Å². The summed E-state index contributed by atoms with van der Waals surface area (Å²) in [6.45, 7) is 3.78. The van der Waals surface area contributed by atoms with Crippen molar-refractivity contribution in [3.05, 3.63) is 0 Å². The number of nitrogens with zero attached hydrogens (tertiary/aromatic N) is 1. The molecule has 0 aromatic carbocycles. The van der Waals surface area contributed by atoms with Crippen molar-refractivity contribution in [2.75, 3.05) is 20.3 Å². The molecule has 1 rings (SSSR count). The molecular formula is C9H19N3O. The van der Waals surface area contributed by atoms with Crippen LogP contribution in [0.15, 0.2) is 0 Å². The number of hydrogen-bond acceptors (Lipinski definition) is 3. The molecule has 2 unspecified atom stereocenters. The van der Waals surface area contributed by atoms with Gasteiger partial charge < -0.3 is 10.5 Å². The van der Waals surface area contributed by atoms with Crippen molar-refractivity contribution in [3.8, 4) is 0 Å². The molecule has 0 bridgehead atoms. The fraction of sp³-hybridized carbons (Fsp3) is 0.889. The predicted octanol–water partition coefficient (Wildman–Crippen LogP) is 0.422. The topological polar surface area (TPSA) is 62.3 Å². The van der Waals surface area contributed by atoms with E-state index in [1.165, 1.54) is 0 Å². The lowest BCUT2D eigenvalue weighted by atomic mass is 10.1. The molecule has 1 aliphatic rings. The Morgan fingerprint density at radius 1 is 1.77 bits per heavy atom. The van der Waals surface area contributed by atoms with Gasteiger partial charge in [-0.15, -0.1) is 0 Å². The monoisotopic (exact) mass is 185 g/mol. The van der Waals surface area contributed by atoms with Crippen molar-refractivity contribution in [3.63, 3.8) is 0 Å². The first-order chi connectivity index (χ1) is 6.11. The van der Waals surface area contributed by atoms with Gasteiger partial charge in [-0.1, -0.05) is 0 Å². The Bertz CT molecular complexity index is 178. The van der Waals surface area contributed by atoms with Gasteiger partial charge in [0.1, 0.15) is 0 Å². The van der Waals surface area contributed by atoms with Crippen molar-refractivity contribution >= 4 is 5.84 Å². The molecule has 0 aromatic heterocycles. The third-order valence-corrected chi connectivity index (χ3v) is 2.69. The van der Waals surface area contributed by atoms with E-state index in [2.05, 4.69) is 18.9 Å². The molecule has 1 aliphatic heterocycles. The quantitative estimate of drug-likeness (QED) is 0.493. The molecule has 0 saturated carbocycles. The molecule has 1 heterocycles. The predicted molar refractivity (Wildman–Crippen MR) is 53.0 cm³/mol. The highest BCUT2D eigenvalue weighted by molar-refractivity contribution is 5.77. The van der Waals surface area contributed by atoms with Gasteiger partial charge in [0.2, 0.25) is 0 Å². The molecule has 1 saturated heterocycles. The Labute approximate surface area is 79.6 Å². The molecule has 0 aromatic rings. The average Bonchev–Trinajstić information content (AvgIpc) is 2.53. The minimum atomic E-state index is 0.262. The summed E-state index contributed by atoms with van der Waals surface area (Å²) in [7, 11) is 2.08. The summed E-state index contributed by atoms with van der Waals surface area (Å²) < 4.78 is 5.31. The van der Waals surface area contributed by atoms with Crippen LogP contribution in [0.4, 0.5) is 0 Å². The summed E-state index contributed by atoms with van der Waals surface area (Å²) in [4.78, 5) is 2.26. The number of nitrogens with two attached hydrogens (primary N) is 1. The van der Waals surface area contributed by atoms with Crippen LogP contribution >= 0.6 is 0 Å². The summed E-state index contributed by atoms with van der Waals surface area (Å²) in [5.41, 5.74) is 5.36. The van der Waals surface area contributed by atoms with Crippen LogP contribution in [0.25, 0.3) is 0 Å². The average molecular weight is 185 g/mol. The van der Waals surface area contributed by atoms with Gasteiger partial charge in [-0.25, -0.2) is 0 Å². The second-order valence-electron chi connectivity index (χ2n) is 3.76. The van der Waals surface area contributed by atoms with Crippen molar-refractivity contribution in [1.82, 2.24) is 4.90 Å². The molecule has 3 N–H and O–H groups in total. The molecular weight excluding hydrogens is 166 g/mol. The van der Waals surface area contributed by atoms with E-state index in [1.54, 1.807) is 0 Å². The van der Waals surface area contributed by atoms with Gasteiger partial charge in [0, 0.05) is 25.1 Å². The van der Waals surface area contributed by atoms with Crippen LogP contribution in [0.5, 0.6) is 0 Å². The molecule has 76 valence electrons. The molecule has 0 radical (unpaired) electrons. The Morgan fingerprint density at radius 2 is 2.46 bits per heavy atom. The van der Waals surface area contributed by atoms with E-state index in [4.69, 9.17) is 15.9 Å². The van der Waals surface area contributed by atoms with Crippen LogP contribution in [0.3, 0.4) is 0 Å². The fourth-order valence-corrected chi connectivity index (χ4v) is 1.67. The van der Waals surface area contributed by atoms with Gasteiger partial charge in [-0.2, -0.15) is 0 Å². The van der Waals surface area contributed by atoms with Crippen molar-refractivity contribution in [1.29, 1.82) is 5.41 Å². The van der Waals surface area contributed by atoms with Gasteiger partial charge >= 0.3 is 0 Å².